The van der Waals surface area contributed by atoms with E-state index in [4.69, 9.17) is 5.73 Å². The summed E-state index contributed by atoms with van der Waals surface area (Å²) in [5.74, 6) is 0.230. The van der Waals surface area contributed by atoms with Gasteiger partial charge in [0, 0.05) is 19.5 Å². The number of hydrogen-bond acceptors (Lipinski definition) is 5. The van der Waals surface area contributed by atoms with Crippen LogP contribution in [0.25, 0.3) is 21.8 Å². The van der Waals surface area contributed by atoms with Gasteiger partial charge in [-0.25, -0.2) is 9.97 Å². The van der Waals surface area contributed by atoms with Crippen LogP contribution in [0.5, 0.6) is 0 Å². The van der Waals surface area contributed by atoms with Gasteiger partial charge < -0.3 is 10.6 Å². The molecule has 0 aliphatic heterocycles. The summed E-state index contributed by atoms with van der Waals surface area (Å²) in [6.45, 7) is 0. The molecule has 0 unspecified atom stereocenters. The molecule has 4 aromatic rings. The van der Waals surface area contributed by atoms with Gasteiger partial charge in [0.15, 0.2) is 0 Å². The second-order valence-corrected chi connectivity index (χ2v) is 8.82. The molecule has 6 rings (SSSR count). The number of rotatable bonds is 2. The van der Waals surface area contributed by atoms with E-state index in [2.05, 4.69) is 15.1 Å². The number of hydrogen-bond donors (Lipinski definition) is 1. The Morgan fingerprint density at radius 3 is 2.73 bits per heavy atom. The zero-order chi connectivity index (χ0) is 23.2. The van der Waals surface area contributed by atoms with Gasteiger partial charge in [-0.1, -0.05) is 6.07 Å². The van der Waals surface area contributed by atoms with Gasteiger partial charge in [0.25, 0.3) is 5.91 Å². The SMILES string of the molecule is CN(C(=O)c1cc2c(cn1)nc(N)c1cnn(C)c12)[C@@H]1c2ccc(C(F)(F)F)cc2[C@H]2C[C@H]21. The van der Waals surface area contributed by atoms with Crippen LogP contribution in [-0.4, -0.2) is 37.6 Å². The number of alkyl halides is 3. The maximum Gasteiger partial charge on any atom is 0.416 e. The minimum Gasteiger partial charge on any atom is -0.383 e. The molecule has 3 aromatic heterocycles. The number of aromatic nitrogens is 4. The number of carbonyl (C=O) groups excluding carboxylic acids is 1. The normalized spacial score (nSPS) is 21.3. The van der Waals surface area contributed by atoms with Crippen LogP contribution >= 0.6 is 0 Å². The van der Waals surface area contributed by atoms with Gasteiger partial charge in [0.2, 0.25) is 0 Å². The number of pyridine rings is 2. The van der Waals surface area contributed by atoms with Crippen LogP contribution < -0.4 is 5.73 Å². The maximum absolute atomic E-state index is 13.4. The zero-order valence-corrected chi connectivity index (χ0v) is 17.8. The summed E-state index contributed by atoms with van der Waals surface area (Å²) in [6.07, 6.45) is -0.468. The molecule has 2 aliphatic carbocycles. The number of amides is 1. The first kappa shape index (κ1) is 20.0. The van der Waals surface area contributed by atoms with Crippen LogP contribution in [0.15, 0.2) is 36.7 Å². The lowest BCUT2D eigenvalue weighted by atomic mass is 9.98. The Labute approximate surface area is 186 Å². The van der Waals surface area contributed by atoms with Crippen LogP contribution in [0.4, 0.5) is 19.0 Å². The molecule has 1 amide bonds. The Kier molecular flexibility index (Phi) is 3.89. The third kappa shape index (κ3) is 2.82. The minimum absolute atomic E-state index is 0.0633. The monoisotopic (exact) mass is 452 g/mol. The Morgan fingerprint density at radius 2 is 1.97 bits per heavy atom. The number of fused-ring (bicyclic) bond motifs is 6. The number of nitrogens with zero attached hydrogens (tertiary/aromatic N) is 5. The number of halogens is 3. The molecule has 1 aromatic carbocycles. The summed E-state index contributed by atoms with van der Waals surface area (Å²) >= 11 is 0. The van der Waals surface area contributed by atoms with Crippen LogP contribution in [0, 0.1) is 5.92 Å². The fourth-order valence-electron chi connectivity index (χ4n) is 5.27. The fraction of sp³-hybridized carbons (Fsp3) is 0.304. The molecule has 10 heteroatoms. The predicted molar refractivity (Wildman–Crippen MR) is 115 cm³/mol. The number of benzene rings is 1. The maximum atomic E-state index is 13.4. The van der Waals surface area contributed by atoms with Crippen LogP contribution in [0.3, 0.4) is 0 Å². The first-order valence-electron chi connectivity index (χ1n) is 10.5. The van der Waals surface area contributed by atoms with E-state index in [-0.39, 0.29) is 29.5 Å². The number of aryl methyl sites for hydroxylation is 1. The van der Waals surface area contributed by atoms with Crippen molar-refractivity contribution in [3.8, 4) is 0 Å². The smallest absolute Gasteiger partial charge is 0.383 e. The molecule has 33 heavy (non-hydrogen) atoms. The standard InChI is InChI=1S/C23H19F3N6O/c1-31(19-11-4-3-10(23(24,25)26)5-12(11)13-6-14(13)19)22(33)17-7-15-18(9-28-17)30-21(27)16-8-29-32(2)20(15)16/h3-5,7-9,13-14,19H,6H2,1-2H3,(H2,27,30)/t13-,14-,19-/m1/s1. The van der Waals surface area contributed by atoms with Crippen molar-refractivity contribution >= 4 is 33.5 Å². The van der Waals surface area contributed by atoms with Crippen molar-refractivity contribution in [3.63, 3.8) is 0 Å². The van der Waals surface area contributed by atoms with Crippen molar-refractivity contribution in [3.05, 3.63) is 59.0 Å². The van der Waals surface area contributed by atoms with Crippen molar-refractivity contribution in [1.82, 2.24) is 24.6 Å². The van der Waals surface area contributed by atoms with Gasteiger partial charge >= 0.3 is 6.18 Å². The van der Waals surface area contributed by atoms with Crippen LogP contribution in [0.1, 0.15) is 45.6 Å². The summed E-state index contributed by atoms with van der Waals surface area (Å²) in [6, 6.07) is 5.24. The minimum atomic E-state index is -4.39. The number of nitrogens with two attached hydrogens (primary N) is 1. The van der Waals surface area contributed by atoms with E-state index in [9.17, 15) is 18.0 Å². The van der Waals surface area contributed by atoms with E-state index in [1.54, 1.807) is 35.9 Å². The molecule has 3 heterocycles. The second kappa shape index (κ2) is 6.43. The summed E-state index contributed by atoms with van der Waals surface area (Å²) < 4.78 is 41.2. The highest BCUT2D eigenvalue weighted by Gasteiger charge is 2.54. The lowest BCUT2D eigenvalue weighted by molar-refractivity contribution is -0.137. The van der Waals surface area contributed by atoms with Gasteiger partial charge in [0.05, 0.1) is 40.4 Å². The summed E-state index contributed by atoms with van der Waals surface area (Å²) in [5, 5.41) is 5.64. The lowest BCUT2D eigenvalue weighted by Crippen LogP contribution is -2.32. The van der Waals surface area contributed by atoms with Gasteiger partial charge in [0.1, 0.15) is 11.5 Å². The van der Waals surface area contributed by atoms with Crippen molar-refractivity contribution < 1.29 is 18.0 Å². The molecule has 7 nitrogen and oxygen atoms in total. The van der Waals surface area contributed by atoms with Gasteiger partial charge in [-0.15, -0.1) is 0 Å². The van der Waals surface area contributed by atoms with Crippen molar-refractivity contribution in [2.75, 3.05) is 12.8 Å². The number of nitrogen functional groups attached to an aromatic ring is 1. The van der Waals surface area contributed by atoms with E-state index < -0.39 is 11.7 Å². The van der Waals surface area contributed by atoms with Gasteiger partial charge in [-0.3, -0.25) is 9.48 Å². The predicted octanol–water partition coefficient (Wildman–Crippen LogP) is 4.05. The summed E-state index contributed by atoms with van der Waals surface area (Å²) in [4.78, 5) is 23.7. The average molecular weight is 452 g/mol. The summed E-state index contributed by atoms with van der Waals surface area (Å²) in [5.41, 5.74) is 8.40. The highest BCUT2D eigenvalue weighted by molar-refractivity contribution is 6.09. The first-order valence-corrected chi connectivity index (χ1v) is 10.5. The van der Waals surface area contributed by atoms with Crippen molar-refractivity contribution in [1.29, 1.82) is 0 Å². The van der Waals surface area contributed by atoms with Crippen molar-refractivity contribution in [2.45, 2.75) is 24.6 Å². The van der Waals surface area contributed by atoms with E-state index in [0.29, 0.717) is 27.7 Å². The molecule has 3 atom stereocenters. The molecule has 0 radical (unpaired) electrons. The lowest BCUT2D eigenvalue weighted by Gasteiger charge is -2.27. The number of carbonyl (C=O) groups is 1. The topological polar surface area (TPSA) is 89.9 Å². The van der Waals surface area contributed by atoms with Crippen LogP contribution in [-0.2, 0) is 13.2 Å². The van der Waals surface area contributed by atoms with E-state index >= 15 is 0 Å². The molecule has 0 saturated heterocycles. The Hall–Kier alpha value is -3.69. The Bertz CT molecular complexity index is 1480. The van der Waals surface area contributed by atoms with Gasteiger partial charge in [-0.2, -0.15) is 18.3 Å². The molecule has 2 N–H and O–H groups in total. The van der Waals surface area contributed by atoms with E-state index in [1.807, 2.05) is 0 Å². The fourth-order valence-corrected chi connectivity index (χ4v) is 5.27. The third-order valence-electron chi connectivity index (χ3n) is 6.93. The van der Waals surface area contributed by atoms with Crippen molar-refractivity contribution in [2.24, 2.45) is 13.0 Å². The average Bonchev–Trinajstić information content (AvgIpc) is 3.35. The highest BCUT2D eigenvalue weighted by Crippen LogP contribution is 2.63. The molecular formula is C23H19F3N6O. The zero-order valence-electron chi connectivity index (χ0n) is 17.8. The van der Waals surface area contributed by atoms with E-state index in [0.717, 1.165) is 23.6 Å². The quantitative estimate of drug-likeness (QED) is 0.496. The Morgan fingerprint density at radius 1 is 1.18 bits per heavy atom. The Balaban J connectivity index is 1.39. The molecule has 0 bridgehead atoms. The highest BCUT2D eigenvalue weighted by atomic mass is 19.4. The molecule has 1 saturated carbocycles. The molecule has 2 aliphatic rings. The molecule has 1 fully saturated rings. The third-order valence-corrected chi connectivity index (χ3v) is 6.93. The van der Waals surface area contributed by atoms with Gasteiger partial charge in [-0.05, 0) is 47.6 Å². The first-order chi connectivity index (χ1) is 15.6. The second-order valence-electron chi connectivity index (χ2n) is 8.82. The van der Waals surface area contributed by atoms with E-state index in [1.165, 1.54) is 18.3 Å². The number of anilines is 1. The largest absolute Gasteiger partial charge is 0.416 e. The summed E-state index contributed by atoms with van der Waals surface area (Å²) in [7, 11) is 3.47. The molecule has 168 valence electrons. The molecular weight excluding hydrogens is 433 g/mol. The molecule has 0 spiro atoms. The van der Waals surface area contributed by atoms with Crippen LogP contribution in [0.2, 0.25) is 0 Å².